The van der Waals surface area contributed by atoms with Gasteiger partial charge >= 0.3 is 0 Å². The second-order valence-corrected chi connectivity index (χ2v) is 5.08. The van der Waals surface area contributed by atoms with Gasteiger partial charge in [-0.1, -0.05) is 28.1 Å². The average molecular weight is 320 g/mol. The lowest BCUT2D eigenvalue weighted by atomic mass is 10.2. The van der Waals surface area contributed by atoms with E-state index in [1.54, 1.807) is 12.3 Å². The number of anilines is 1. The quantitative estimate of drug-likeness (QED) is 0.763. The van der Waals surface area contributed by atoms with Gasteiger partial charge in [-0.2, -0.15) is 5.10 Å². The van der Waals surface area contributed by atoms with E-state index in [1.165, 1.54) is 12.1 Å². The predicted molar refractivity (Wildman–Crippen MR) is 77.5 cm³/mol. The van der Waals surface area contributed by atoms with E-state index in [2.05, 4.69) is 31.4 Å². The average Bonchev–Trinajstić information content (AvgIpc) is 2.86. The summed E-state index contributed by atoms with van der Waals surface area (Å²) in [7, 11) is 0. The lowest BCUT2D eigenvalue weighted by Gasteiger charge is -2.09. The van der Waals surface area contributed by atoms with Crippen LogP contribution in [0.2, 0.25) is 0 Å². The number of nitrogens with zero attached hydrogens (tertiary/aromatic N) is 1. The van der Waals surface area contributed by atoms with Crippen molar-refractivity contribution in [1.82, 2.24) is 10.2 Å². The summed E-state index contributed by atoms with van der Waals surface area (Å²) in [5.74, 6) is -0.243. The fourth-order valence-electron chi connectivity index (χ4n) is 1.98. The zero-order chi connectivity index (χ0) is 13.2. The van der Waals surface area contributed by atoms with Crippen molar-refractivity contribution in [2.45, 2.75) is 6.54 Å². The number of H-pyrrole nitrogens is 1. The van der Waals surface area contributed by atoms with E-state index in [0.717, 1.165) is 26.6 Å². The minimum absolute atomic E-state index is 0.243. The van der Waals surface area contributed by atoms with Gasteiger partial charge in [0.2, 0.25) is 0 Å². The SMILES string of the molecule is Fc1ccc(CNc2cccc3[nH]ncc23)c(Br)c1. The minimum Gasteiger partial charge on any atom is -0.380 e. The zero-order valence-electron chi connectivity index (χ0n) is 9.95. The van der Waals surface area contributed by atoms with Crippen LogP contribution in [-0.2, 0) is 6.54 Å². The highest BCUT2D eigenvalue weighted by Crippen LogP contribution is 2.23. The van der Waals surface area contributed by atoms with Gasteiger partial charge in [-0.05, 0) is 29.8 Å². The molecule has 0 atom stereocenters. The van der Waals surface area contributed by atoms with Crippen molar-refractivity contribution in [3.05, 3.63) is 58.4 Å². The number of hydrogen-bond donors (Lipinski definition) is 2. The molecule has 96 valence electrons. The largest absolute Gasteiger partial charge is 0.380 e. The van der Waals surface area contributed by atoms with E-state index in [4.69, 9.17) is 0 Å². The summed E-state index contributed by atoms with van der Waals surface area (Å²) in [5, 5.41) is 11.3. The Kier molecular flexibility index (Phi) is 3.21. The Morgan fingerprint density at radius 2 is 2.16 bits per heavy atom. The molecule has 1 aromatic heterocycles. The summed E-state index contributed by atoms with van der Waals surface area (Å²) in [6.07, 6.45) is 1.79. The van der Waals surface area contributed by atoms with Crippen molar-refractivity contribution >= 4 is 32.5 Å². The molecule has 0 aliphatic heterocycles. The Morgan fingerprint density at radius 1 is 1.26 bits per heavy atom. The van der Waals surface area contributed by atoms with Crippen LogP contribution in [0.3, 0.4) is 0 Å². The third kappa shape index (κ3) is 2.46. The highest BCUT2D eigenvalue weighted by molar-refractivity contribution is 9.10. The van der Waals surface area contributed by atoms with E-state index in [-0.39, 0.29) is 5.82 Å². The molecular weight excluding hydrogens is 309 g/mol. The van der Waals surface area contributed by atoms with E-state index in [1.807, 2.05) is 18.2 Å². The van der Waals surface area contributed by atoms with E-state index in [9.17, 15) is 4.39 Å². The molecule has 0 amide bonds. The molecule has 19 heavy (non-hydrogen) atoms. The Hall–Kier alpha value is -1.88. The maximum Gasteiger partial charge on any atom is 0.124 e. The monoisotopic (exact) mass is 319 g/mol. The molecule has 1 heterocycles. The van der Waals surface area contributed by atoms with Crippen LogP contribution in [0.25, 0.3) is 10.9 Å². The maximum absolute atomic E-state index is 13.0. The van der Waals surface area contributed by atoms with Crippen LogP contribution >= 0.6 is 15.9 Å². The molecule has 0 unspecified atom stereocenters. The predicted octanol–water partition coefficient (Wildman–Crippen LogP) is 4.08. The third-order valence-corrected chi connectivity index (χ3v) is 3.71. The van der Waals surface area contributed by atoms with E-state index >= 15 is 0 Å². The number of aromatic amines is 1. The Labute approximate surface area is 118 Å². The summed E-state index contributed by atoms with van der Waals surface area (Å²) in [5.41, 5.74) is 2.99. The van der Waals surface area contributed by atoms with Gasteiger partial charge in [-0.25, -0.2) is 4.39 Å². The number of fused-ring (bicyclic) bond motifs is 1. The summed E-state index contributed by atoms with van der Waals surface area (Å²) in [4.78, 5) is 0. The first-order valence-corrected chi connectivity index (χ1v) is 6.63. The molecule has 2 aromatic carbocycles. The van der Waals surface area contributed by atoms with Gasteiger partial charge in [0.1, 0.15) is 5.82 Å². The second-order valence-electron chi connectivity index (χ2n) is 4.23. The number of halogens is 2. The molecule has 0 aliphatic carbocycles. The lowest BCUT2D eigenvalue weighted by molar-refractivity contribution is 0.626. The van der Waals surface area contributed by atoms with E-state index in [0.29, 0.717) is 6.54 Å². The van der Waals surface area contributed by atoms with Gasteiger partial charge in [0.15, 0.2) is 0 Å². The highest BCUT2D eigenvalue weighted by atomic mass is 79.9. The molecule has 0 aliphatic rings. The van der Waals surface area contributed by atoms with Crippen molar-refractivity contribution in [2.24, 2.45) is 0 Å². The number of benzene rings is 2. The Balaban J connectivity index is 1.84. The normalized spacial score (nSPS) is 10.8. The van der Waals surface area contributed by atoms with Crippen LogP contribution in [0, 0.1) is 5.82 Å². The summed E-state index contributed by atoms with van der Waals surface area (Å²) >= 11 is 3.36. The van der Waals surface area contributed by atoms with Crippen molar-refractivity contribution in [2.75, 3.05) is 5.32 Å². The van der Waals surface area contributed by atoms with E-state index < -0.39 is 0 Å². The van der Waals surface area contributed by atoms with Crippen molar-refractivity contribution < 1.29 is 4.39 Å². The van der Waals surface area contributed by atoms with Gasteiger partial charge < -0.3 is 5.32 Å². The molecule has 3 aromatic rings. The van der Waals surface area contributed by atoms with Crippen molar-refractivity contribution in [3.8, 4) is 0 Å². The molecule has 2 N–H and O–H groups in total. The lowest BCUT2D eigenvalue weighted by Crippen LogP contribution is -2.00. The Bertz CT molecular complexity index is 724. The third-order valence-electron chi connectivity index (χ3n) is 2.97. The Morgan fingerprint density at radius 3 is 3.00 bits per heavy atom. The minimum atomic E-state index is -0.243. The summed E-state index contributed by atoms with van der Waals surface area (Å²) < 4.78 is 13.8. The van der Waals surface area contributed by atoms with Crippen LogP contribution in [0.1, 0.15) is 5.56 Å². The molecule has 3 nitrogen and oxygen atoms in total. The maximum atomic E-state index is 13.0. The first-order valence-electron chi connectivity index (χ1n) is 5.84. The number of aromatic nitrogens is 2. The fraction of sp³-hybridized carbons (Fsp3) is 0.0714. The smallest absolute Gasteiger partial charge is 0.124 e. The van der Waals surface area contributed by atoms with Crippen LogP contribution in [0.5, 0.6) is 0 Å². The number of hydrogen-bond acceptors (Lipinski definition) is 2. The standard InChI is InChI=1S/C14H11BrFN3/c15-12-6-10(16)5-4-9(12)7-17-13-2-1-3-14-11(13)8-18-19-14/h1-6,8,17H,7H2,(H,18,19). The first kappa shape index (κ1) is 12.2. The molecule has 3 rings (SSSR count). The van der Waals surface area contributed by atoms with Crippen LogP contribution in [0.4, 0.5) is 10.1 Å². The van der Waals surface area contributed by atoms with Crippen LogP contribution < -0.4 is 5.32 Å². The molecular formula is C14H11BrFN3. The molecule has 5 heteroatoms. The van der Waals surface area contributed by atoms with Gasteiger partial charge in [-0.3, -0.25) is 5.10 Å². The van der Waals surface area contributed by atoms with Gasteiger partial charge in [0.05, 0.1) is 11.7 Å². The molecule has 0 bridgehead atoms. The summed E-state index contributed by atoms with van der Waals surface area (Å²) in [6.45, 7) is 0.616. The van der Waals surface area contributed by atoms with Gasteiger partial charge in [-0.15, -0.1) is 0 Å². The molecule has 0 fully saturated rings. The fourth-order valence-corrected chi connectivity index (χ4v) is 2.47. The second kappa shape index (κ2) is 5.01. The van der Waals surface area contributed by atoms with Crippen LogP contribution in [0.15, 0.2) is 47.1 Å². The van der Waals surface area contributed by atoms with Crippen molar-refractivity contribution in [3.63, 3.8) is 0 Å². The topological polar surface area (TPSA) is 40.7 Å². The molecule has 0 radical (unpaired) electrons. The molecule has 0 saturated heterocycles. The van der Waals surface area contributed by atoms with Crippen molar-refractivity contribution in [1.29, 1.82) is 0 Å². The number of nitrogens with one attached hydrogen (secondary N) is 2. The van der Waals surface area contributed by atoms with Crippen LogP contribution in [-0.4, -0.2) is 10.2 Å². The summed E-state index contributed by atoms with van der Waals surface area (Å²) in [6, 6.07) is 10.6. The van der Waals surface area contributed by atoms with Gasteiger partial charge in [0.25, 0.3) is 0 Å². The number of rotatable bonds is 3. The zero-order valence-corrected chi connectivity index (χ0v) is 11.5. The molecule has 0 spiro atoms. The molecule has 0 saturated carbocycles. The first-order chi connectivity index (χ1) is 9.24. The highest BCUT2D eigenvalue weighted by Gasteiger charge is 2.04. The van der Waals surface area contributed by atoms with Gasteiger partial charge in [0, 0.05) is 22.1 Å².